The van der Waals surface area contributed by atoms with Gasteiger partial charge in [0.15, 0.2) is 0 Å². The Hall–Kier alpha value is -1.28. The van der Waals surface area contributed by atoms with Crippen LogP contribution in [0.2, 0.25) is 0 Å². The zero-order valence-electron chi connectivity index (χ0n) is 13.0. The van der Waals surface area contributed by atoms with E-state index in [4.69, 9.17) is 0 Å². The van der Waals surface area contributed by atoms with Crippen LogP contribution in [-0.4, -0.2) is 37.0 Å². The summed E-state index contributed by atoms with van der Waals surface area (Å²) >= 11 is 0. The average Bonchev–Trinajstić information content (AvgIpc) is 2.84. The molecule has 2 unspecified atom stereocenters. The Morgan fingerprint density at radius 2 is 1.95 bits per heavy atom. The SMILES string of the molecule is CC1=CN(C)C(CCC2CCN(C)C2)c2ccccc21. The van der Waals surface area contributed by atoms with E-state index in [0.717, 1.165) is 5.92 Å². The highest BCUT2D eigenvalue weighted by Gasteiger charge is 2.26. The van der Waals surface area contributed by atoms with E-state index in [1.54, 1.807) is 0 Å². The molecule has 0 bridgehead atoms. The van der Waals surface area contributed by atoms with Gasteiger partial charge in [-0.2, -0.15) is 0 Å². The second-order valence-electron chi connectivity index (χ2n) is 6.57. The maximum absolute atomic E-state index is 2.47. The van der Waals surface area contributed by atoms with Gasteiger partial charge in [0, 0.05) is 19.8 Å². The highest BCUT2D eigenvalue weighted by Crippen LogP contribution is 2.37. The van der Waals surface area contributed by atoms with Gasteiger partial charge in [-0.3, -0.25) is 0 Å². The quantitative estimate of drug-likeness (QED) is 0.825. The number of nitrogens with zero attached hydrogens (tertiary/aromatic N) is 2. The summed E-state index contributed by atoms with van der Waals surface area (Å²) < 4.78 is 0. The van der Waals surface area contributed by atoms with Crippen molar-refractivity contribution in [2.45, 2.75) is 32.2 Å². The van der Waals surface area contributed by atoms with Crippen molar-refractivity contribution < 1.29 is 0 Å². The molecule has 108 valence electrons. The molecule has 0 amide bonds. The molecule has 0 saturated carbocycles. The Morgan fingerprint density at radius 1 is 1.15 bits per heavy atom. The molecule has 1 aromatic rings. The summed E-state index contributed by atoms with van der Waals surface area (Å²) in [5.74, 6) is 0.896. The van der Waals surface area contributed by atoms with Crippen molar-refractivity contribution in [2.75, 3.05) is 27.2 Å². The molecule has 0 radical (unpaired) electrons. The van der Waals surface area contributed by atoms with Crippen LogP contribution < -0.4 is 0 Å². The van der Waals surface area contributed by atoms with Crippen LogP contribution in [-0.2, 0) is 0 Å². The summed E-state index contributed by atoms with van der Waals surface area (Å²) in [6, 6.07) is 9.48. The summed E-state index contributed by atoms with van der Waals surface area (Å²) in [6.07, 6.45) is 6.31. The number of hydrogen-bond acceptors (Lipinski definition) is 2. The molecule has 2 heterocycles. The molecule has 2 atom stereocenters. The van der Waals surface area contributed by atoms with Crippen molar-refractivity contribution >= 4 is 5.57 Å². The van der Waals surface area contributed by atoms with E-state index >= 15 is 0 Å². The molecule has 1 aromatic carbocycles. The number of rotatable bonds is 3. The first-order chi connectivity index (χ1) is 9.65. The predicted octanol–water partition coefficient (Wildman–Crippen LogP) is 3.77. The van der Waals surface area contributed by atoms with E-state index in [9.17, 15) is 0 Å². The minimum atomic E-state index is 0.556. The lowest BCUT2D eigenvalue weighted by Gasteiger charge is -2.34. The number of allylic oxidation sites excluding steroid dienone is 1. The first-order valence-electron chi connectivity index (χ1n) is 7.83. The molecule has 0 spiro atoms. The van der Waals surface area contributed by atoms with E-state index in [2.05, 4.69) is 61.3 Å². The fraction of sp³-hybridized carbons (Fsp3) is 0.556. The zero-order valence-corrected chi connectivity index (χ0v) is 13.0. The van der Waals surface area contributed by atoms with Crippen LogP contribution in [0.3, 0.4) is 0 Å². The van der Waals surface area contributed by atoms with Gasteiger partial charge in [-0.25, -0.2) is 0 Å². The van der Waals surface area contributed by atoms with Crippen LogP contribution in [0.4, 0.5) is 0 Å². The van der Waals surface area contributed by atoms with Gasteiger partial charge in [0.25, 0.3) is 0 Å². The number of hydrogen-bond donors (Lipinski definition) is 0. The highest BCUT2D eigenvalue weighted by atomic mass is 15.1. The Balaban J connectivity index is 1.73. The summed E-state index contributed by atoms with van der Waals surface area (Å²) in [7, 11) is 4.47. The van der Waals surface area contributed by atoms with Crippen LogP contribution in [0.25, 0.3) is 5.57 Å². The summed E-state index contributed by atoms with van der Waals surface area (Å²) in [5.41, 5.74) is 4.35. The Bertz CT molecular complexity index is 506. The van der Waals surface area contributed by atoms with Gasteiger partial charge in [0.2, 0.25) is 0 Å². The lowest BCUT2D eigenvalue weighted by Crippen LogP contribution is -2.25. The van der Waals surface area contributed by atoms with Crippen LogP contribution in [0.15, 0.2) is 30.5 Å². The number of fused-ring (bicyclic) bond motifs is 1. The first kappa shape index (κ1) is 13.7. The average molecular weight is 270 g/mol. The maximum atomic E-state index is 2.47. The van der Waals surface area contributed by atoms with Crippen LogP contribution in [0.1, 0.15) is 43.4 Å². The van der Waals surface area contributed by atoms with E-state index in [0.29, 0.717) is 6.04 Å². The lowest BCUT2D eigenvalue weighted by atomic mass is 9.87. The highest BCUT2D eigenvalue weighted by molar-refractivity contribution is 5.68. The number of benzene rings is 1. The second-order valence-corrected chi connectivity index (χ2v) is 6.57. The fourth-order valence-corrected chi connectivity index (χ4v) is 3.85. The van der Waals surface area contributed by atoms with Crippen molar-refractivity contribution in [1.29, 1.82) is 0 Å². The molecule has 0 aliphatic carbocycles. The monoisotopic (exact) mass is 270 g/mol. The third-order valence-corrected chi connectivity index (χ3v) is 4.97. The third kappa shape index (κ3) is 2.62. The summed E-state index contributed by atoms with van der Waals surface area (Å²) in [5, 5.41) is 0. The molecule has 0 N–H and O–H groups in total. The fourth-order valence-electron chi connectivity index (χ4n) is 3.85. The van der Waals surface area contributed by atoms with Crippen molar-refractivity contribution in [3.8, 4) is 0 Å². The standard InChI is InChI=1S/C18H26N2/c1-14-12-20(3)18(17-7-5-4-6-16(14)17)9-8-15-10-11-19(2)13-15/h4-7,12,15,18H,8-11,13H2,1-3H3. The zero-order chi connectivity index (χ0) is 14.1. The maximum Gasteiger partial charge on any atom is 0.0539 e. The Labute approximate surface area is 123 Å². The minimum absolute atomic E-state index is 0.556. The minimum Gasteiger partial charge on any atom is -0.373 e. The molecule has 1 fully saturated rings. The molecular weight excluding hydrogens is 244 g/mol. The molecule has 0 aromatic heterocycles. The van der Waals surface area contributed by atoms with Crippen LogP contribution in [0, 0.1) is 5.92 Å². The van der Waals surface area contributed by atoms with Gasteiger partial charge in [-0.1, -0.05) is 24.3 Å². The van der Waals surface area contributed by atoms with E-state index in [1.165, 1.54) is 49.1 Å². The second kappa shape index (κ2) is 5.61. The Morgan fingerprint density at radius 3 is 2.70 bits per heavy atom. The smallest absolute Gasteiger partial charge is 0.0539 e. The van der Waals surface area contributed by atoms with Gasteiger partial charge in [-0.05, 0) is 62.4 Å². The molecule has 2 aliphatic heterocycles. The van der Waals surface area contributed by atoms with Crippen molar-refractivity contribution in [2.24, 2.45) is 5.92 Å². The van der Waals surface area contributed by atoms with E-state index in [1.807, 2.05) is 0 Å². The lowest BCUT2D eigenvalue weighted by molar-refractivity contribution is 0.286. The molecule has 20 heavy (non-hydrogen) atoms. The summed E-state index contributed by atoms with van der Waals surface area (Å²) in [4.78, 5) is 4.88. The van der Waals surface area contributed by atoms with Gasteiger partial charge in [0.1, 0.15) is 0 Å². The van der Waals surface area contributed by atoms with Crippen LogP contribution >= 0.6 is 0 Å². The normalized spacial score (nSPS) is 26.6. The summed E-state index contributed by atoms with van der Waals surface area (Å²) in [6.45, 7) is 4.78. The van der Waals surface area contributed by atoms with Gasteiger partial charge in [-0.15, -0.1) is 0 Å². The van der Waals surface area contributed by atoms with Crippen molar-refractivity contribution in [1.82, 2.24) is 9.80 Å². The Kier molecular flexibility index (Phi) is 3.84. The third-order valence-electron chi connectivity index (χ3n) is 4.97. The first-order valence-corrected chi connectivity index (χ1v) is 7.83. The predicted molar refractivity (Wildman–Crippen MR) is 85.4 cm³/mol. The molecule has 2 aliphatic rings. The van der Waals surface area contributed by atoms with Gasteiger partial charge in [0.05, 0.1) is 6.04 Å². The van der Waals surface area contributed by atoms with Crippen LogP contribution in [0.5, 0.6) is 0 Å². The van der Waals surface area contributed by atoms with E-state index < -0.39 is 0 Å². The van der Waals surface area contributed by atoms with E-state index in [-0.39, 0.29) is 0 Å². The molecule has 1 saturated heterocycles. The molecule has 3 rings (SSSR count). The topological polar surface area (TPSA) is 6.48 Å². The molecule has 2 heteroatoms. The molecule has 2 nitrogen and oxygen atoms in total. The van der Waals surface area contributed by atoms with Gasteiger partial charge < -0.3 is 9.80 Å². The van der Waals surface area contributed by atoms with Crippen molar-refractivity contribution in [3.05, 3.63) is 41.6 Å². The molecular formula is C18H26N2. The number of likely N-dealkylation sites (tertiary alicyclic amines) is 1. The largest absolute Gasteiger partial charge is 0.373 e. The van der Waals surface area contributed by atoms with Crippen molar-refractivity contribution in [3.63, 3.8) is 0 Å². The van der Waals surface area contributed by atoms with Gasteiger partial charge >= 0.3 is 0 Å².